The van der Waals surface area contributed by atoms with E-state index in [1.54, 1.807) is 4.90 Å². The zero-order valence-corrected chi connectivity index (χ0v) is 16.5. The Bertz CT molecular complexity index is 656. The van der Waals surface area contributed by atoms with Gasteiger partial charge in [0.15, 0.2) is 0 Å². The maximum Gasteiger partial charge on any atom is 0.410 e. The molecule has 0 radical (unpaired) electrons. The van der Waals surface area contributed by atoms with Crippen molar-refractivity contribution < 1.29 is 19.1 Å². The minimum atomic E-state index is -0.493. The normalized spacial score (nSPS) is 23.4. The Balaban J connectivity index is 1.53. The highest BCUT2D eigenvalue weighted by Crippen LogP contribution is 2.27. The Morgan fingerprint density at radius 3 is 2.56 bits per heavy atom. The van der Waals surface area contributed by atoms with Crippen molar-refractivity contribution in [1.29, 1.82) is 0 Å². The molecular formula is C21H30N2O4. The van der Waals surface area contributed by atoms with Crippen LogP contribution in [0.3, 0.4) is 0 Å². The summed E-state index contributed by atoms with van der Waals surface area (Å²) in [5.41, 5.74) is 0.499. The summed E-state index contributed by atoms with van der Waals surface area (Å²) in [6, 6.07) is 9.71. The second kappa shape index (κ2) is 8.30. The van der Waals surface area contributed by atoms with E-state index in [9.17, 15) is 9.59 Å². The molecule has 2 saturated heterocycles. The fourth-order valence-electron chi connectivity index (χ4n) is 3.81. The van der Waals surface area contributed by atoms with E-state index in [2.05, 4.69) is 4.90 Å². The minimum absolute atomic E-state index is 0.160. The van der Waals surface area contributed by atoms with Crippen molar-refractivity contribution in [2.45, 2.75) is 64.3 Å². The second-order valence-corrected chi connectivity index (χ2v) is 8.36. The molecular weight excluding hydrogens is 344 g/mol. The van der Waals surface area contributed by atoms with Gasteiger partial charge in [-0.25, -0.2) is 4.79 Å². The smallest absolute Gasteiger partial charge is 0.410 e. The third kappa shape index (κ3) is 5.22. The van der Waals surface area contributed by atoms with E-state index in [0.29, 0.717) is 19.7 Å². The van der Waals surface area contributed by atoms with E-state index in [0.717, 1.165) is 31.4 Å². The number of carbonyl (C=O) groups is 2. The lowest BCUT2D eigenvalue weighted by Gasteiger charge is -2.29. The summed E-state index contributed by atoms with van der Waals surface area (Å²) in [7, 11) is 0. The van der Waals surface area contributed by atoms with Crippen LogP contribution in [0.2, 0.25) is 0 Å². The monoisotopic (exact) mass is 374 g/mol. The molecule has 148 valence electrons. The molecule has 2 aliphatic rings. The van der Waals surface area contributed by atoms with Crippen LogP contribution < -0.4 is 0 Å². The quantitative estimate of drug-likeness (QED) is 0.758. The fourth-order valence-corrected chi connectivity index (χ4v) is 3.81. The number of rotatable bonds is 4. The van der Waals surface area contributed by atoms with Crippen LogP contribution in [0, 0.1) is 0 Å². The van der Waals surface area contributed by atoms with Gasteiger partial charge in [-0.05, 0) is 52.1 Å². The molecule has 2 heterocycles. The standard InChI is InChI=1S/C21H30N2O4/c1-21(2,3)27-20(25)22-13-11-17(14-22)23-12-7-10-18(23)19(24)26-15-16-8-5-4-6-9-16/h4-6,8-9,17-18H,7,10-15H2,1-3H3/t17?,18-/m1/s1. The maximum atomic E-state index is 12.6. The van der Waals surface area contributed by atoms with Gasteiger partial charge in [0, 0.05) is 19.1 Å². The zero-order chi connectivity index (χ0) is 19.4. The van der Waals surface area contributed by atoms with Crippen LogP contribution in [0.25, 0.3) is 0 Å². The van der Waals surface area contributed by atoms with Crippen molar-refractivity contribution in [3.63, 3.8) is 0 Å². The number of hydrogen-bond donors (Lipinski definition) is 0. The molecule has 2 fully saturated rings. The van der Waals surface area contributed by atoms with Crippen molar-refractivity contribution in [3.8, 4) is 0 Å². The molecule has 1 amide bonds. The molecule has 0 spiro atoms. The van der Waals surface area contributed by atoms with Gasteiger partial charge < -0.3 is 14.4 Å². The molecule has 1 aromatic rings. The molecule has 2 aliphatic heterocycles. The van der Waals surface area contributed by atoms with E-state index in [-0.39, 0.29) is 24.1 Å². The molecule has 0 aromatic heterocycles. The van der Waals surface area contributed by atoms with Gasteiger partial charge >= 0.3 is 12.1 Å². The Labute approximate surface area is 161 Å². The van der Waals surface area contributed by atoms with Gasteiger partial charge in [0.05, 0.1) is 0 Å². The van der Waals surface area contributed by atoms with E-state index in [4.69, 9.17) is 9.47 Å². The second-order valence-electron chi connectivity index (χ2n) is 8.36. The predicted molar refractivity (Wildman–Crippen MR) is 102 cm³/mol. The predicted octanol–water partition coefficient (Wildman–Crippen LogP) is 3.20. The highest BCUT2D eigenvalue weighted by atomic mass is 16.6. The van der Waals surface area contributed by atoms with E-state index < -0.39 is 5.60 Å². The molecule has 0 saturated carbocycles. The Kier molecular flexibility index (Phi) is 6.05. The van der Waals surface area contributed by atoms with E-state index in [1.165, 1.54) is 0 Å². The van der Waals surface area contributed by atoms with Gasteiger partial charge in [0.2, 0.25) is 0 Å². The first kappa shape index (κ1) is 19.7. The van der Waals surface area contributed by atoms with E-state index in [1.807, 2.05) is 51.1 Å². The Morgan fingerprint density at radius 2 is 1.85 bits per heavy atom. The number of nitrogens with zero attached hydrogens (tertiary/aromatic N) is 2. The maximum absolute atomic E-state index is 12.6. The van der Waals surface area contributed by atoms with Gasteiger partial charge in [0.25, 0.3) is 0 Å². The first-order valence-electron chi connectivity index (χ1n) is 9.78. The van der Waals surface area contributed by atoms with Gasteiger partial charge in [-0.1, -0.05) is 30.3 Å². The number of hydrogen-bond acceptors (Lipinski definition) is 5. The number of esters is 1. The number of likely N-dealkylation sites (tertiary alicyclic amines) is 2. The van der Waals surface area contributed by atoms with Crippen molar-refractivity contribution in [1.82, 2.24) is 9.80 Å². The number of benzene rings is 1. The lowest BCUT2D eigenvalue weighted by Crippen LogP contribution is -2.46. The molecule has 1 unspecified atom stereocenters. The number of carbonyl (C=O) groups excluding carboxylic acids is 2. The SMILES string of the molecule is CC(C)(C)OC(=O)N1CCC(N2CCC[C@@H]2C(=O)OCc2ccccc2)C1. The van der Waals surface area contributed by atoms with Gasteiger partial charge in [-0.15, -0.1) is 0 Å². The van der Waals surface area contributed by atoms with Crippen LogP contribution in [0.15, 0.2) is 30.3 Å². The summed E-state index contributed by atoms with van der Waals surface area (Å²) in [6.07, 6.45) is 2.39. The average Bonchev–Trinajstić information content (AvgIpc) is 3.28. The Hall–Kier alpha value is -2.08. The zero-order valence-electron chi connectivity index (χ0n) is 16.5. The van der Waals surface area contributed by atoms with Crippen LogP contribution >= 0.6 is 0 Å². The van der Waals surface area contributed by atoms with Crippen molar-refractivity contribution >= 4 is 12.1 Å². The van der Waals surface area contributed by atoms with Gasteiger partial charge in [0.1, 0.15) is 18.2 Å². The van der Waals surface area contributed by atoms with Crippen LogP contribution in [0.4, 0.5) is 4.79 Å². The summed E-state index contributed by atoms with van der Waals surface area (Å²) in [4.78, 5) is 28.9. The first-order chi connectivity index (χ1) is 12.8. The summed E-state index contributed by atoms with van der Waals surface area (Å²) in [5.74, 6) is -0.160. The molecule has 27 heavy (non-hydrogen) atoms. The summed E-state index contributed by atoms with van der Waals surface area (Å²) in [6.45, 7) is 8.07. The van der Waals surface area contributed by atoms with Crippen LogP contribution in [0.5, 0.6) is 0 Å². The number of ether oxygens (including phenoxy) is 2. The third-order valence-corrected chi connectivity index (χ3v) is 5.07. The highest BCUT2D eigenvalue weighted by Gasteiger charge is 2.40. The van der Waals surface area contributed by atoms with Crippen LogP contribution in [-0.4, -0.2) is 59.2 Å². The molecule has 6 heteroatoms. The topological polar surface area (TPSA) is 59.1 Å². The number of amides is 1. The summed E-state index contributed by atoms with van der Waals surface area (Å²) >= 11 is 0. The van der Waals surface area contributed by atoms with Crippen molar-refractivity contribution in [2.75, 3.05) is 19.6 Å². The largest absolute Gasteiger partial charge is 0.460 e. The van der Waals surface area contributed by atoms with E-state index >= 15 is 0 Å². The summed E-state index contributed by atoms with van der Waals surface area (Å²) in [5, 5.41) is 0. The van der Waals surface area contributed by atoms with Crippen LogP contribution in [0.1, 0.15) is 45.6 Å². The van der Waals surface area contributed by atoms with Crippen LogP contribution in [-0.2, 0) is 20.9 Å². The highest BCUT2D eigenvalue weighted by molar-refractivity contribution is 5.76. The molecule has 0 N–H and O–H groups in total. The molecule has 3 rings (SSSR count). The molecule has 6 nitrogen and oxygen atoms in total. The molecule has 2 atom stereocenters. The lowest BCUT2D eigenvalue weighted by atomic mass is 10.1. The average molecular weight is 374 g/mol. The van der Waals surface area contributed by atoms with Crippen molar-refractivity contribution in [3.05, 3.63) is 35.9 Å². The first-order valence-corrected chi connectivity index (χ1v) is 9.78. The fraction of sp³-hybridized carbons (Fsp3) is 0.619. The lowest BCUT2D eigenvalue weighted by molar-refractivity contribution is -0.151. The van der Waals surface area contributed by atoms with Gasteiger partial charge in [-0.2, -0.15) is 0 Å². The molecule has 0 bridgehead atoms. The van der Waals surface area contributed by atoms with Crippen molar-refractivity contribution in [2.24, 2.45) is 0 Å². The summed E-state index contributed by atoms with van der Waals surface area (Å²) < 4.78 is 11.0. The molecule has 0 aliphatic carbocycles. The Morgan fingerprint density at radius 1 is 1.11 bits per heavy atom. The van der Waals surface area contributed by atoms with Gasteiger partial charge in [-0.3, -0.25) is 9.69 Å². The minimum Gasteiger partial charge on any atom is -0.460 e. The third-order valence-electron chi connectivity index (χ3n) is 5.07. The molecule has 1 aromatic carbocycles.